The maximum Gasteiger partial charge on any atom is 0.305 e. The zero-order valence-corrected chi connectivity index (χ0v) is 9.19. The quantitative estimate of drug-likeness (QED) is 0.405. The van der Waals surface area contributed by atoms with E-state index >= 15 is 0 Å². The first kappa shape index (κ1) is 12.2. The van der Waals surface area contributed by atoms with E-state index in [1.54, 1.807) is 6.08 Å². The van der Waals surface area contributed by atoms with Crippen LogP contribution in [0.15, 0.2) is 12.2 Å². The molecule has 0 aromatic rings. The van der Waals surface area contributed by atoms with Crippen LogP contribution in [0.5, 0.6) is 0 Å². The largest absolute Gasteiger partial charge is 0.469 e. The highest BCUT2D eigenvalue weighted by atomic mass is 16.5. The van der Waals surface area contributed by atoms with Crippen molar-refractivity contribution in [2.24, 2.45) is 0 Å². The van der Waals surface area contributed by atoms with Gasteiger partial charge >= 0.3 is 5.97 Å². The predicted octanol–water partition coefficient (Wildman–Crippen LogP) is 0.910. The van der Waals surface area contributed by atoms with Gasteiger partial charge in [0.2, 0.25) is 0 Å². The molecule has 1 aliphatic rings. The Balaban J connectivity index is 1.95. The third kappa shape index (κ3) is 4.44. The molecule has 0 aromatic carbocycles. The first-order valence-electron chi connectivity index (χ1n) is 5.39. The Morgan fingerprint density at radius 2 is 2.33 bits per heavy atom. The lowest BCUT2D eigenvalue weighted by Crippen LogP contribution is -2.30. The molecule has 0 saturated heterocycles. The number of rotatable bonds is 6. The van der Waals surface area contributed by atoms with Gasteiger partial charge in [-0.3, -0.25) is 9.69 Å². The SMILES string of the molecule is COC(=O)CCCCCN1CC=CC1O. The number of carbonyl (C=O) groups is 1. The van der Waals surface area contributed by atoms with Crippen LogP contribution in [0.2, 0.25) is 0 Å². The van der Waals surface area contributed by atoms with Crippen molar-refractivity contribution >= 4 is 5.97 Å². The van der Waals surface area contributed by atoms with Crippen LogP contribution in [0.1, 0.15) is 25.7 Å². The molecule has 0 aliphatic carbocycles. The van der Waals surface area contributed by atoms with Gasteiger partial charge in [0.25, 0.3) is 0 Å². The molecule has 0 amide bonds. The minimum absolute atomic E-state index is 0.141. The average Bonchev–Trinajstić information content (AvgIpc) is 2.63. The number of carbonyl (C=O) groups excluding carboxylic acids is 1. The molecule has 1 unspecified atom stereocenters. The number of unbranched alkanes of at least 4 members (excludes halogenated alkanes) is 2. The summed E-state index contributed by atoms with van der Waals surface area (Å²) in [6.45, 7) is 1.72. The van der Waals surface area contributed by atoms with Crippen molar-refractivity contribution in [3.8, 4) is 0 Å². The second-order valence-electron chi connectivity index (χ2n) is 3.72. The van der Waals surface area contributed by atoms with Gasteiger partial charge in [0, 0.05) is 19.5 Å². The number of methoxy groups -OCH3 is 1. The van der Waals surface area contributed by atoms with Gasteiger partial charge in [0.05, 0.1) is 7.11 Å². The molecule has 0 radical (unpaired) electrons. The molecule has 15 heavy (non-hydrogen) atoms. The highest BCUT2D eigenvalue weighted by Gasteiger charge is 2.15. The molecule has 0 saturated carbocycles. The summed E-state index contributed by atoms with van der Waals surface area (Å²) in [5.74, 6) is -0.141. The molecule has 4 nitrogen and oxygen atoms in total. The Hall–Kier alpha value is -0.870. The second-order valence-corrected chi connectivity index (χ2v) is 3.72. The van der Waals surface area contributed by atoms with Crippen molar-refractivity contribution in [2.75, 3.05) is 20.2 Å². The van der Waals surface area contributed by atoms with Gasteiger partial charge in [0.1, 0.15) is 6.23 Å². The fourth-order valence-electron chi connectivity index (χ4n) is 1.63. The molecular weight excluding hydrogens is 194 g/mol. The number of hydrogen-bond donors (Lipinski definition) is 1. The number of aliphatic hydroxyl groups is 1. The summed E-state index contributed by atoms with van der Waals surface area (Å²) in [5.41, 5.74) is 0. The third-order valence-electron chi connectivity index (χ3n) is 2.58. The highest BCUT2D eigenvalue weighted by Crippen LogP contribution is 2.09. The Morgan fingerprint density at radius 1 is 1.53 bits per heavy atom. The van der Waals surface area contributed by atoms with Crippen molar-refractivity contribution in [2.45, 2.75) is 31.9 Å². The molecule has 1 rings (SSSR count). The van der Waals surface area contributed by atoms with Crippen molar-refractivity contribution < 1.29 is 14.6 Å². The van der Waals surface area contributed by atoms with E-state index in [1.165, 1.54) is 7.11 Å². The van der Waals surface area contributed by atoms with Gasteiger partial charge in [-0.05, 0) is 18.9 Å². The van der Waals surface area contributed by atoms with E-state index in [4.69, 9.17) is 0 Å². The molecule has 1 aliphatic heterocycles. The van der Waals surface area contributed by atoms with Crippen LogP contribution in [0.3, 0.4) is 0 Å². The summed E-state index contributed by atoms with van der Waals surface area (Å²) in [6, 6.07) is 0. The molecule has 0 bridgehead atoms. The van der Waals surface area contributed by atoms with Crippen LogP contribution in [0.25, 0.3) is 0 Å². The van der Waals surface area contributed by atoms with E-state index in [-0.39, 0.29) is 5.97 Å². The first-order chi connectivity index (χ1) is 7.24. The number of aliphatic hydroxyl groups excluding tert-OH is 1. The van der Waals surface area contributed by atoms with E-state index in [2.05, 4.69) is 4.74 Å². The van der Waals surface area contributed by atoms with Crippen LogP contribution in [-0.2, 0) is 9.53 Å². The van der Waals surface area contributed by atoms with Gasteiger partial charge in [-0.15, -0.1) is 0 Å². The molecule has 1 N–H and O–H groups in total. The van der Waals surface area contributed by atoms with Crippen LogP contribution >= 0.6 is 0 Å². The fraction of sp³-hybridized carbons (Fsp3) is 0.727. The monoisotopic (exact) mass is 213 g/mol. The minimum atomic E-state index is -0.411. The smallest absolute Gasteiger partial charge is 0.305 e. The zero-order valence-electron chi connectivity index (χ0n) is 9.19. The molecule has 1 atom stereocenters. The Kier molecular flexibility index (Phi) is 5.36. The lowest BCUT2D eigenvalue weighted by molar-refractivity contribution is -0.140. The van der Waals surface area contributed by atoms with E-state index in [0.717, 1.165) is 32.4 Å². The Bertz CT molecular complexity index is 228. The predicted molar refractivity (Wildman–Crippen MR) is 57.2 cm³/mol. The Morgan fingerprint density at radius 3 is 2.93 bits per heavy atom. The summed E-state index contributed by atoms with van der Waals surface area (Å²) in [7, 11) is 1.41. The lowest BCUT2D eigenvalue weighted by atomic mass is 10.2. The molecule has 0 spiro atoms. The molecule has 0 fully saturated rings. The maximum absolute atomic E-state index is 10.8. The molecule has 86 valence electrons. The minimum Gasteiger partial charge on any atom is -0.469 e. The van der Waals surface area contributed by atoms with Crippen LogP contribution in [0.4, 0.5) is 0 Å². The van der Waals surface area contributed by atoms with Gasteiger partial charge in [0.15, 0.2) is 0 Å². The van der Waals surface area contributed by atoms with E-state index in [9.17, 15) is 9.90 Å². The van der Waals surface area contributed by atoms with Gasteiger partial charge in [-0.25, -0.2) is 0 Å². The average molecular weight is 213 g/mol. The number of hydrogen-bond acceptors (Lipinski definition) is 4. The number of esters is 1. The number of nitrogens with zero attached hydrogens (tertiary/aromatic N) is 1. The normalized spacial score (nSPS) is 20.8. The summed E-state index contributed by atoms with van der Waals surface area (Å²) in [6.07, 6.45) is 6.73. The second kappa shape index (κ2) is 6.58. The number of ether oxygens (including phenoxy) is 1. The summed E-state index contributed by atoms with van der Waals surface area (Å²) in [5, 5.41) is 9.44. The fourth-order valence-corrected chi connectivity index (χ4v) is 1.63. The van der Waals surface area contributed by atoms with Crippen molar-refractivity contribution in [1.29, 1.82) is 0 Å². The van der Waals surface area contributed by atoms with E-state index in [1.807, 2.05) is 11.0 Å². The molecule has 0 aromatic heterocycles. The van der Waals surface area contributed by atoms with Gasteiger partial charge in [-0.2, -0.15) is 0 Å². The van der Waals surface area contributed by atoms with Gasteiger partial charge < -0.3 is 9.84 Å². The standard InChI is InChI=1S/C11H19NO3/c1-15-11(14)7-3-2-4-8-12-9-5-6-10(12)13/h5-6,10,13H,2-4,7-9H2,1H3. The molecule has 4 heteroatoms. The summed E-state index contributed by atoms with van der Waals surface area (Å²) in [4.78, 5) is 12.8. The van der Waals surface area contributed by atoms with Crippen molar-refractivity contribution in [3.63, 3.8) is 0 Å². The topological polar surface area (TPSA) is 49.8 Å². The first-order valence-corrected chi connectivity index (χ1v) is 5.39. The summed E-state index contributed by atoms with van der Waals surface area (Å²) >= 11 is 0. The molecule has 1 heterocycles. The summed E-state index contributed by atoms with van der Waals surface area (Å²) < 4.78 is 4.55. The van der Waals surface area contributed by atoms with Crippen LogP contribution in [-0.4, -0.2) is 42.4 Å². The van der Waals surface area contributed by atoms with Crippen LogP contribution < -0.4 is 0 Å². The van der Waals surface area contributed by atoms with E-state index in [0.29, 0.717) is 6.42 Å². The third-order valence-corrected chi connectivity index (χ3v) is 2.58. The van der Waals surface area contributed by atoms with Crippen LogP contribution in [0, 0.1) is 0 Å². The lowest BCUT2D eigenvalue weighted by Gasteiger charge is -2.19. The molecular formula is C11H19NO3. The highest BCUT2D eigenvalue weighted by molar-refractivity contribution is 5.68. The Labute approximate surface area is 90.5 Å². The van der Waals surface area contributed by atoms with E-state index < -0.39 is 6.23 Å². The zero-order chi connectivity index (χ0) is 11.1. The van der Waals surface area contributed by atoms with Gasteiger partial charge in [-0.1, -0.05) is 12.5 Å². The van der Waals surface area contributed by atoms with Crippen molar-refractivity contribution in [3.05, 3.63) is 12.2 Å². The van der Waals surface area contributed by atoms with Crippen molar-refractivity contribution in [1.82, 2.24) is 4.90 Å². The maximum atomic E-state index is 10.8.